The van der Waals surface area contributed by atoms with Gasteiger partial charge in [-0.2, -0.15) is 0 Å². The van der Waals surface area contributed by atoms with E-state index in [9.17, 15) is 9.59 Å². The maximum Gasteiger partial charge on any atom is 0.268 e. The van der Waals surface area contributed by atoms with Crippen molar-refractivity contribution in [2.24, 2.45) is 0 Å². The lowest BCUT2D eigenvalue weighted by Gasteiger charge is -2.34. The van der Waals surface area contributed by atoms with Crippen LogP contribution in [0, 0.1) is 0 Å². The molecule has 140 valence electrons. The number of hydrogen-bond donors (Lipinski definition) is 0. The van der Waals surface area contributed by atoms with Crippen LogP contribution in [0.2, 0.25) is 5.02 Å². The summed E-state index contributed by atoms with van der Waals surface area (Å²) < 4.78 is 5.65. The van der Waals surface area contributed by atoms with Crippen LogP contribution < -0.4 is 9.64 Å². The average Bonchev–Trinajstić information content (AvgIpc) is 3.15. The molecule has 2 aliphatic rings. The molecule has 0 spiro atoms. The molecule has 0 aliphatic carbocycles. The Morgan fingerprint density at radius 3 is 2.85 bits per heavy atom. The monoisotopic (exact) mass is 384 g/mol. The molecule has 2 unspecified atom stereocenters. The van der Waals surface area contributed by atoms with Crippen LogP contribution in [0.3, 0.4) is 0 Å². The Hall–Kier alpha value is -2.53. The van der Waals surface area contributed by atoms with Crippen molar-refractivity contribution in [1.29, 1.82) is 0 Å². The number of anilines is 1. The number of rotatable bonds is 3. The van der Waals surface area contributed by atoms with Crippen LogP contribution in [0.4, 0.5) is 5.69 Å². The second kappa shape index (κ2) is 7.24. The first-order chi connectivity index (χ1) is 13.0. The van der Waals surface area contributed by atoms with Gasteiger partial charge < -0.3 is 9.64 Å². The Labute approximate surface area is 163 Å². The zero-order chi connectivity index (χ0) is 19.0. The predicted octanol–water partition coefficient (Wildman–Crippen LogP) is 3.82. The first kappa shape index (κ1) is 17.9. The number of para-hydroxylation sites is 2. The molecule has 6 heteroatoms. The Balaban J connectivity index is 1.57. The first-order valence-corrected chi connectivity index (χ1v) is 9.54. The zero-order valence-corrected chi connectivity index (χ0v) is 15.9. The molecule has 0 aromatic heterocycles. The van der Waals surface area contributed by atoms with Crippen LogP contribution in [0.15, 0.2) is 48.5 Å². The number of fused-ring (bicyclic) bond motifs is 1. The third kappa shape index (κ3) is 3.39. The molecule has 0 radical (unpaired) electrons. The molecular formula is C21H21ClN2O3. The first-order valence-electron chi connectivity index (χ1n) is 9.16. The summed E-state index contributed by atoms with van der Waals surface area (Å²) in [6.45, 7) is 2.41. The van der Waals surface area contributed by atoms with Gasteiger partial charge in [0, 0.05) is 11.6 Å². The summed E-state index contributed by atoms with van der Waals surface area (Å²) in [5.74, 6) is 0.375. The van der Waals surface area contributed by atoms with Crippen molar-refractivity contribution in [3.05, 3.63) is 59.1 Å². The molecule has 2 aliphatic heterocycles. The van der Waals surface area contributed by atoms with E-state index in [2.05, 4.69) is 0 Å². The number of hydrogen-bond acceptors (Lipinski definition) is 3. The van der Waals surface area contributed by atoms with Gasteiger partial charge in [0.2, 0.25) is 5.91 Å². The van der Waals surface area contributed by atoms with Crippen molar-refractivity contribution < 1.29 is 14.3 Å². The fraction of sp³-hybridized carbons (Fsp3) is 0.333. The molecule has 0 saturated carbocycles. The van der Waals surface area contributed by atoms with Crippen molar-refractivity contribution in [2.75, 3.05) is 18.0 Å². The van der Waals surface area contributed by atoms with E-state index in [1.54, 1.807) is 11.8 Å². The smallest absolute Gasteiger partial charge is 0.268 e. The number of carbonyl (C=O) groups excluding carboxylic acids is 2. The lowest BCUT2D eigenvalue weighted by molar-refractivity contribution is -0.133. The van der Waals surface area contributed by atoms with Crippen LogP contribution in [0.5, 0.6) is 5.75 Å². The van der Waals surface area contributed by atoms with Gasteiger partial charge in [0.15, 0.2) is 6.10 Å². The number of likely N-dealkylation sites (tertiary alicyclic amines) is 1. The Kier molecular flexibility index (Phi) is 4.79. The van der Waals surface area contributed by atoms with Gasteiger partial charge in [-0.3, -0.25) is 14.5 Å². The molecule has 0 bridgehead atoms. The Bertz CT molecular complexity index is 885. The van der Waals surface area contributed by atoms with E-state index >= 15 is 0 Å². The molecule has 2 amide bonds. The fourth-order valence-corrected chi connectivity index (χ4v) is 4.07. The highest BCUT2D eigenvalue weighted by Gasteiger charge is 2.36. The van der Waals surface area contributed by atoms with E-state index in [0.29, 0.717) is 23.0 Å². The summed E-state index contributed by atoms with van der Waals surface area (Å²) in [6, 6.07) is 15.0. The van der Waals surface area contributed by atoms with E-state index in [4.69, 9.17) is 16.3 Å². The van der Waals surface area contributed by atoms with Gasteiger partial charge in [-0.15, -0.1) is 0 Å². The lowest BCUT2D eigenvalue weighted by Crippen LogP contribution is -2.49. The van der Waals surface area contributed by atoms with Gasteiger partial charge in [0.05, 0.1) is 11.7 Å². The van der Waals surface area contributed by atoms with Crippen LogP contribution >= 0.6 is 11.6 Å². The highest BCUT2D eigenvalue weighted by molar-refractivity contribution is 6.30. The number of ether oxygens (including phenoxy) is 1. The van der Waals surface area contributed by atoms with Crippen LogP contribution in [-0.2, 0) is 9.59 Å². The zero-order valence-electron chi connectivity index (χ0n) is 15.1. The van der Waals surface area contributed by atoms with Crippen molar-refractivity contribution in [2.45, 2.75) is 31.9 Å². The summed E-state index contributed by atoms with van der Waals surface area (Å²) in [7, 11) is 0. The van der Waals surface area contributed by atoms with E-state index in [1.165, 1.54) is 0 Å². The topological polar surface area (TPSA) is 49.9 Å². The van der Waals surface area contributed by atoms with Crippen LogP contribution in [0.25, 0.3) is 0 Å². The third-order valence-corrected chi connectivity index (χ3v) is 5.41. The lowest BCUT2D eigenvalue weighted by atomic mass is 10.0. The van der Waals surface area contributed by atoms with Crippen LogP contribution in [0.1, 0.15) is 31.4 Å². The number of carbonyl (C=O) groups is 2. The number of benzene rings is 2. The van der Waals surface area contributed by atoms with Crippen molar-refractivity contribution >= 4 is 29.1 Å². The van der Waals surface area contributed by atoms with Gasteiger partial charge >= 0.3 is 0 Å². The van der Waals surface area contributed by atoms with Crippen molar-refractivity contribution in [3.63, 3.8) is 0 Å². The second-order valence-corrected chi connectivity index (χ2v) is 7.39. The molecular weight excluding hydrogens is 364 g/mol. The minimum atomic E-state index is -0.602. The molecule has 4 rings (SSSR count). The number of amides is 2. The SMILES string of the molecule is CC1Oc2ccccc2N(CC(=O)N2CCCC2c2cccc(Cl)c2)C1=O. The predicted molar refractivity (Wildman–Crippen MR) is 104 cm³/mol. The summed E-state index contributed by atoms with van der Waals surface area (Å²) in [5.41, 5.74) is 1.68. The molecule has 27 heavy (non-hydrogen) atoms. The quantitative estimate of drug-likeness (QED) is 0.808. The highest BCUT2D eigenvalue weighted by Crippen LogP contribution is 2.36. The highest BCUT2D eigenvalue weighted by atomic mass is 35.5. The van der Waals surface area contributed by atoms with E-state index in [1.807, 2.05) is 53.4 Å². The fourth-order valence-electron chi connectivity index (χ4n) is 3.87. The number of halogens is 1. The Morgan fingerprint density at radius 1 is 1.22 bits per heavy atom. The van der Waals surface area contributed by atoms with Crippen LogP contribution in [-0.4, -0.2) is 35.9 Å². The standard InChI is InChI=1S/C21H21ClN2O3/c1-14-21(26)24(18-8-2-3-10-19(18)27-14)13-20(25)23-11-5-9-17(23)15-6-4-7-16(22)12-15/h2-4,6-8,10,12,14,17H,5,9,11,13H2,1H3. The minimum Gasteiger partial charge on any atom is -0.479 e. The molecule has 2 aromatic carbocycles. The molecule has 2 heterocycles. The minimum absolute atomic E-state index is 0.00000911. The third-order valence-electron chi connectivity index (χ3n) is 5.17. The van der Waals surface area contributed by atoms with E-state index < -0.39 is 6.10 Å². The molecule has 2 atom stereocenters. The van der Waals surface area contributed by atoms with Crippen molar-refractivity contribution in [1.82, 2.24) is 4.90 Å². The maximum atomic E-state index is 13.1. The summed E-state index contributed by atoms with van der Waals surface area (Å²) in [5, 5.41) is 0.665. The van der Waals surface area contributed by atoms with E-state index in [-0.39, 0.29) is 24.4 Å². The number of nitrogens with zero attached hydrogens (tertiary/aromatic N) is 2. The van der Waals surface area contributed by atoms with Gasteiger partial charge in [-0.05, 0) is 49.6 Å². The summed E-state index contributed by atoms with van der Waals surface area (Å²) in [6.07, 6.45) is 1.23. The molecule has 0 N–H and O–H groups in total. The van der Waals surface area contributed by atoms with E-state index in [0.717, 1.165) is 18.4 Å². The van der Waals surface area contributed by atoms with Gasteiger partial charge in [0.1, 0.15) is 12.3 Å². The maximum absolute atomic E-state index is 13.1. The normalized spacial score (nSPS) is 21.8. The summed E-state index contributed by atoms with van der Waals surface area (Å²) >= 11 is 6.13. The molecule has 5 nitrogen and oxygen atoms in total. The summed E-state index contributed by atoms with van der Waals surface area (Å²) in [4.78, 5) is 29.2. The molecule has 1 saturated heterocycles. The average molecular weight is 385 g/mol. The van der Waals surface area contributed by atoms with Crippen molar-refractivity contribution in [3.8, 4) is 5.75 Å². The second-order valence-electron chi connectivity index (χ2n) is 6.95. The van der Waals surface area contributed by atoms with Gasteiger partial charge in [0.25, 0.3) is 5.91 Å². The largest absolute Gasteiger partial charge is 0.479 e. The molecule has 2 aromatic rings. The van der Waals surface area contributed by atoms with Gasteiger partial charge in [-0.25, -0.2) is 0 Å². The van der Waals surface area contributed by atoms with Gasteiger partial charge in [-0.1, -0.05) is 35.9 Å². The Morgan fingerprint density at radius 2 is 2.04 bits per heavy atom. The molecule has 1 fully saturated rings.